The predicted molar refractivity (Wildman–Crippen MR) is 37.7 cm³/mol. The van der Waals surface area contributed by atoms with Crippen LogP contribution in [0.1, 0.15) is 6.92 Å². The van der Waals surface area contributed by atoms with Gasteiger partial charge >= 0.3 is 0 Å². The van der Waals surface area contributed by atoms with Crippen molar-refractivity contribution in [1.82, 2.24) is 10.6 Å². The van der Waals surface area contributed by atoms with E-state index in [1.807, 2.05) is 6.92 Å². The molecule has 0 radical (unpaired) electrons. The van der Waals surface area contributed by atoms with E-state index in [1.165, 1.54) is 0 Å². The molecule has 0 aromatic rings. The largest absolute Gasteiger partial charge is 0.353 e. The lowest BCUT2D eigenvalue weighted by Crippen LogP contribution is -2.50. The lowest BCUT2D eigenvalue weighted by atomic mass is 10.3. The molecule has 2 N–H and O–H groups in total. The molecule has 0 aromatic heterocycles. The van der Waals surface area contributed by atoms with Gasteiger partial charge < -0.3 is 10.6 Å². The molecule has 1 rings (SSSR count). The van der Waals surface area contributed by atoms with E-state index in [4.69, 9.17) is 0 Å². The summed E-state index contributed by atoms with van der Waals surface area (Å²) < 4.78 is 0. The average molecular weight is 151 g/mol. The summed E-state index contributed by atoms with van der Waals surface area (Å²) in [6.07, 6.45) is 0. The third-order valence-electron chi connectivity index (χ3n) is 1.22. The molecule has 4 heteroatoms. The molecule has 1 fully saturated rings. The van der Waals surface area contributed by atoms with E-state index in [0.717, 1.165) is 6.54 Å². The van der Waals surface area contributed by atoms with Gasteiger partial charge in [-0.3, -0.25) is 4.79 Å². The van der Waals surface area contributed by atoms with E-state index in [-0.39, 0.29) is 18.3 Å². The number of rotatable bonds is 0. The lowest BCUT2D eigenvalue weighted by molar-refractivity contribution is -0.121. The quantitative estimate of drug-likeness (QED) is 0.490. The Labute approximate surface area is 60.6 Å². The molecular formula is C5H11ClN2O. The van der Waals surface area contributed by atoms with Crippen LogP contribution in [0.5, 0.6) is 0 Å². The molecule has 0 aromatic carbocycles. The van der Waals surface area contributed by atoms with Gasteiger partial charge in [0.05, 0.1) is 6.54 Å². The normalized spacial score (nSPS) is 26.3. The van der Waals surface area contributed by atoms with Crippen molar-refractivity contribution >= 4 is 18.3 Å². The van der Waals surface area contributed by atoms with E-state index < -0.39 is 0 Å². The van der Waals surface area contributed by atoms with Crippen molar-refractivity contribution in [3.05, 3.63) is 0 Å². The minimum Gasteiger partial charge on any atom is -0.353 e. The third-order valence-corrected chi connectivity index (χ3v) is 1.22. The van der Waals surface area contributed by atoms with Crippen LogP contribution in [0.25, 0.3) is 0 Å². The molecule has 54 valence electrons. The number of nitrogens with one attached hydrogen (secondary N) is 2. The second kappa shape index (κ2) is 3.69. The van der Waals surface area contributed by atoms with Crippen molar-refractivity contribution in [2.75, 3.05) is 13.1 Å². The maximum Gasteiger partial charge on any atom is 0.234 e. The summed E-state index contributed by atoms with van der Waals surface area (Å²) in [6, 6.07) is 0.438. The van der Waals surface area contributed by atoms with Crippen molar-refractivity contribution in [2.24, 2.45) is 0 Å². The van der Waals surface area contributed by atoms with Gasteiger partial charge in [-0.1, -0.05) is 0 Å². The highest BCUT2D eigenvalue weighted by Gasteiger charge is 2.10. The zero-order valence-corrected chi connectivity index (χ0v) is 6.12. The SMILES string of the molecule is C[C@@H]1CNC(=O)CN1.Cl. The van der Waals surface area contributed by atoms with Crippen LogP contribution in [-0.4, -0.2) is 25.0 Å². The standard InChI is InChI=1S/C5H10N2O.ClH/c1-4-2-7-5(8)3-6-4;/h4,6H,2-3H2,1H3,(H,7,8);1H/t4-;/m1./s1. The zero-order chi connectivity index (χ0) is 5.98. The lowest BCUT2D eigenvalue weighted by Gasteiger charge is -2.19. The highest BCUT2D eigenvalue weighted by Crippen LogP contribution is 1.82. The van der Waals surface area contributed by atoms with Gasteiger partial charge in [0.25, 0.3) is 0 Å². The molecule has 0 spiro atoms. The third kappa shape index (κ3) is 2.67. The minimum absolute atomic E-state index is 0. The maximum absolute atomic E-state index is 10.4. The smallest absolute Gasteiger partial charge is 0.234 e. The fraction of sp³-hybridized carbons (Fsp3) is 0.800. The van der Waals surface area contributed by atoms with Crippen LogP contribution in [0.4, 0.5) is 0 Å². The van der Waals surface area contributed by atoms with Gasteiger partial charge in [-0.2, -0.15) is 0 Å². The van der Waals surface area contributed by atoms with Crippen molar-refractivity contribution in [3.8, 4) is 0 Å². The topological polar surface area (TPSA) is 41.1 Å². The fourth-order valence-electron chi connectivity index (χ4n) is 0.669. The van der Waals surface area contributed by atoms with E-state index in [2.05, 4.69) is 10.6 Å². The number of hydrogen-bond acceptors (Lipinski definition) is 2. The first-order chi connectivity index (χ1) is 3.79. The molecule has 1 heterocycles. The van der Waals surface area contributed by atoms with Gasteiger partial charge in [-0.25, -0.2) is 0 Å². The highest BCUT2D eigenvalue weighted by atomic mass is 35.5. The summed E-state index contributed by atoms with van der Waals surface area (Å²) in [7, 11) is 0. The average Bonchev–Trinajstić information content (AvgIpc) is 1.77. The zero-order valence-electron chi connectivity index (χ0n) is 5.31. The molecule has 1 aliphatic rings. The first-order valence-corrected chi connectivity index (χ1v) is 2.79. The molecule has 1 saturated heterocycles. The molecular weight excluding hydrogens is 140 g/mol. The highest BCUT2D eigenvalue weighted by molar-refractivity contribution is 5.85. The predicted octanol–water partition coefficient (Wildman–Crippen LogP) is -0.484. The molecule has 0 aliphatic carbocycles. The molecule has 9 heavy (non-hydrogen) atoms. The Hall–Kier alpha value is -0.280. The van der Waals surface area contributed by atoms with Crippen LogP contribution in [0.3, 0.4) is 0 Å². The van der Waals surface area contributed by atoms with Crippen LogP contribution in [-0.2, 0) is 4.79 Å². The minimum atomic E-state index is 0. The Balaban J connectivity index is 0.000000640. The summed E-state index contributed by atoms with van der Waals surface area (Å²) in [4.78, 5) is 10.4. The summed E-state index contributed by atoms with van der Waals surface area (Å²) >= 11 is 0. The fourth-order valence-corrected chi connectivity index (χ4v) is 0.669. The Morgan fingerprint density at radius 2 is 2.33 bits per heavy atom. The van der Waals surface area contributed by atoms with Crippen LogP contribution < -0.4 is 10.6 Å². The number of amides is 1. The van der Waals surface area contributed by atoms with Gasteiger partial charge in [0.1, 0.15) is 0 Å². The molecule has 0 unspecified atom stereocenters. The Kier molecular flexibility index (Phi) is 3.58. The summed E-state index contributed by atoms with van der Waals surface area (Å²) in [5, 5.41) is 5.75. The second-order valence-electron chi connectivity index (χ2n) is 2.09. The van der Waals surface area contributed by atoms with Crippen LogP contribution in [0, 0.1) is 0 Å². The molecule has 0 saturated carbocycles. The molecule has 0 bridgehead atoms. The Morgan fingerprint density at radius 1 is 1.67 bits per heavy atom. The number of hydrogen-bond donors (Lipinski definition) is 2. The van der Waals surface area contributed by atoms with Gasteiger partial charge in [0, 0.05) is 12.6 Å². The number of piperazine rings is 1. The molecule has 1 aliphatic heterocycles. The summed E-state index contributed by atoms with van der Waals surface area (Å²) in [5.74, 6) is 0.100. The van der Waals surface area contributed by atoms with Crippen LogP contribution in [0.15, 0.2) is 0 Å². The Bertz CT molecular complexity index is 97.1. The van der Waals surface area contributed by atoms with Crippen molar-refractivity contribution in [3.63, 3.8) is 0 Å². The van der Waals surface area contributed by atoms with E-state index in [9.17, 15) is 4.79 Å². The Morgan fingerprint density at radius 3 is 2.67 bits per heavy atom. The monoisotopic (exact) mass is 150 g/mol. The van der Waals surface area contributed by atoms with Crippen molar-refractivity contribution in [1.29, 1.82) is 0 Å². The van der Waals surface area contributed by atoms with E-state index in [0.29, 0.717) is 12.6 Å². The van der Waals surface area contributed by atoms with Crippen molar-refractivity contribution < 1.29 is 4.79 Å². The van der Waals surface area contributed by atoms with E-state index >= 15 is 0 Å². The van der Waals surface area contributed by atoms with Gasteiger partial charge in [0.15, 0.2) is 0 Å². The van der Waals surface area contributed by atoms with Crippen molar-refractivity contribution in [2.45, 2.75) is 13.0 Å². The van der Waals surface area contributed by atoms with Crippen LogP contribution >= 0.6 is 12.4 Å². The maximum atomic E-state index is 10.4. The molecule has 1 atom stereocenters. The number of carbonyl (C=O) groups is 1. The van der Waals surface area contributed by atoms with Gasteiger partial charge in [0.2, 0.25) is 5.91 Å². The molecule has 1 amide bonds. The summed E-state index contributed by atoms with van der Waals surface area (Å²) in [6.45, 7) is 3.28. The second-order valence-corrected chi connectivity index (χ2v) is 2.09. The van der Waals surface area contributed by atoms with Gasteiger partial charge in [-0.15, -0.1) is 12.4 Å². The van der Waals surface area contributed by atoms with Gasteiger partial charge in [-0.05, 0) is 6.92 Å². The first kappa shape index (κ1) is 8.72. The number of carbonyl (C=O) groups excluding carboxylic acids is 1. The first-order valence-electron chi connectivity index (χ1n) is 2.79. The summed E-state index contributed by atoms with van der Waals surface area (Å²) in [5.41, 5.74) is 0. The molecule has 3 nitrogen and oxygen atoms in total. The number of halogens is 1. The van der Waals surface area contributed by atoms with E-state index in [1.54, 1.807) is 0 Å². The van der Waals surface area contributed by atoms with Crippen LogP contribution in [0.2, 0.25) is 0 Å².